The van der Waals surface area contributed by atoms with Crippen LogP contribution in [0.5, 0.6) is 0 Å². The van der Waals surface area contributed by atoms with Gasteiger partial charge in [0, 0.05) is 34.0 Å². The van der Waals surface area contributed by atoms with Crippen molar-refractivity contribution in [1.29, 1.82) is 5.26 Å². The van der Waals surface area contributed by atoms with Gasteiger partial charge in [0.1, 0.15) is 5.82 Å². The van der Waals surface area contributed by atoms with Crippen LogP contribution in [0.2, 0.25) is 0 Å². The highest BCUT2D eigenvalue weighted by molar-refractivity contribution is 7.98. The molecule has 5 rings (SSSR count). The Hall–Kier alpha value is -3.75. The van der Waals surface area contributed by atoms with Gasteiger partial charge in [-0.2, -0.15) is 5.26 Å². The molecule has 1 unspecified atom stereocenters. The van der Waals surface area contributed by atoms with Crippen LogP contribution in [0.4, 0.5) is 5.69 Å². The predicted molar refractivity (Wildman–Crippen MR) is 165 cm³/mol. The van der Waals surface area contributed by atoms with E-state index in [9.17, 15) is 10.1 Å². The summed E-state index contributed by atoms with van der Waals surface area (Å²) in [7, 11) is 0. The molecule has 204 valence electrons. The minimum absolute atomic E-state index is 0.102. The molecule has 0 bridgehead atoms. The maximum Gasteiger partial charge on any atom is 0.162 e. The average molecular weight is 548 g/mol. The van der Waals surface area contributed by atoms with E-state index >= 15 is 0 Å². The summed E-state index contributed by atoms with van der Waals surface area (Å²) in [6.45, 7) is 12.6. The summed E-state index contributed by atoms with van der Waals surface area (Å²) in [6, 6.07) is 23.5. The van der Waals surface area contributed by atoms with Crippen LogP contribution in [0.15, 0.2) is 88.2 Å². The molecule has 0 amide bonds. The van der Waals surface area contributed by atoms with Crippen molar-refractivity contribution in [2.45, 2.75) is 71.0 Å². The molecule has 40 heavy (non-hydrogen) atoms. The van der Waals surface area contributed by atoms with E-state index in [1.54, 1.807) is 11.8 Å². The lowest BCUT2D eigenvalue weighted by atomic mass is 9.68. The standard InChI is InChI=1S/C35H37N3OS/c1-21-10-12-27(13-11-21)40-20-25-16-28(24(4)15-23(25)3)32-29(19-36)34(37)38(26-9-7-8-22(2)14-26)30-17-35(5,6)18-31(39)33(30)32/h7-16,32H,17-18,20,37H2,1-6H3. The molecule has 3 aromatic carbocycles. The zero-order valence-electron chi connectivity index (χ0n) is 24.3. The Morgan fingerprint density at radius 2 is 1.70 bits per heavy atom. The molecule has 2 aliphatic rings. The number of hydrogen-bond donors (Lipinski definition) is 1. The molecule has 0 saturated heterocycles. The molecule has 0 fully saturated rings. The number of nitrogens with zero attached hydrogens (tertiary/aromatic N) is 2. The highest BCUT2D eigenvalue weighted by Gasteiger charge is 2.45. The van der Waals surface area contributed by atoms with Crippen molar-refractivity contribution >= 4 is 23.2 Å². The number of carbonyl (C=O) groups is 1. The molecule has 5 heteroatoms. The van der Waals surface area contributed by atoms with E-state index < -0.39 is 5.92 Å². The molecule has 0 saturated carbocycles. The van der Waals surface area contributed by atoms with Gasteiger partial charge in [0.25, 0.3) is 0 Å². The number of ketones is 1. The van der Waals surface area contributed by atoms with E-state index in [1.165, 1.54) is 21.6 Å². The zero-order valence-corrected chi connectivity index (χ0v) is 25.1. The van der Waals surface area contributed by atoms with E-state index in [2.05, 4.69) is 83.2 Å². The van der Waals surface area contributed by atoms with Gasteiger partial charge >= 0.3 is 0 Å². The fourth-order valence-electron chi connectivity index (χ4n) is 6.06. The van der Waals surface area contributed by atoms with Crippen molar-refractivity contribution in [2.24, 2.45) is 11.1 Å². The molecule has 0 radical (unpaired) electrons. The Morgan fingerprint density at radius 1 is 0.975 bits per heavy atom. The SMILES string of the molecule is Cc1ccc(SCc2cc(C3C(C#N)=C(N)N(c4cccc(C)c4)C4=C3C(=O)CC(C)(C)C4)c(C)cc2C)cc1. The van der Waals surface area contributed by atoms with Crippen LogP contribution in [0.3, 0.4) is 0 Å². The lowest BCUT2D eigenvalue weighted by molar-refractivity contribution is -0.118. The first kappa shape index (κ1) is 27.8. The van der Waals surface area contributed by atoms with Crippen LogP contribution in [-0.4, -0.2) is 5.78 Å². The van der Waals surface area contributed by atoms with Gasteiger partial charge in [0.15, 0.2) is 5.78 Å². The van der Waals surface area contributed by atoms with Gasteiger partial charge in [-0.15, -0.1) is 11.8 Å². The minimum atomic E-state index is -0.478. The second kappa shape index (κ2) is 10.7. The fraction of sp³-hybridized carbons (Fsp3) is 0.314. The number of allylic oxidation sites excluding steroid dienone is 3. The number of nitriles is 1. The van der Waals surface area contributed by atoms with Gasteiger partial charge in [-0.25, -0.2) is 0 Å². The number of aryl methyl sites for hydroxylation is 4. The molecule has 0 aromatic heterocycles. The van der Waals surface area contributed by atoms with Gasteiger partial charge < -0.3 is 5.73 Å². The Balaban J connectivity index is 1.66. The summed E-state index contributed by atoms with van der Waals surface area (Å²) in [5.74, 6) is 0.842. The van der Waals surface area contributed by atoms with Gasteiger partial charge in [-0.1, -0.05) is 55.8 Å². The molecule has 4 nitrogen and oxygen atoms in total. The highest BCUT2D eigenvalue weighted by atomic mass is 32.2. The lowest BCUT2D eigenvalue weighted by Crippen LogP contribution is -2.42. The van der Waals surface area contributed by atoms with Crippen LogP contribution >= 0.6 is 11.8 Å². The van der Waals surface area contributed by atoms with Crippen LogP contribution in [0, 0.1) is 44.4 Å². The first-order valence-electron chi connectivity index (χ1n) is 13.8. The zero-order chi connectivity index (χ0) is 28.8. The second-order valence-corrected chi connectivity index (χ2v) is 13.1. The van der Waals surface area contributed by atoms with Crippen molar-refractivity contribution in [2.75, 3.05) is 4.90 Å². The molecule has 1 aliphatic carbocycles. The van der Waals surface area contributed by atoms with E-state index in [-0.39, 0.29) is 11.2 Å². The summed E-state index contributed by atoms with van der Waals surface area (Å²) in [5, 5.41) is 10.5. The molecule has 1 heterocycles. The van der Waals surface area contributed by atoms with Crippen LogP contribution in [0.1, 0.15) is 66.0 Å². The van der Waals surface area contributed by atoms with Crippen molar-refractivity contribution in [3.63, 3.8) is 0 Å². The predicted octanol–water partition coefficient (Wildman–Crippen LogP) is 8.15. The Bertz CT molecular complexity index is 1600. The average Bonchev–Trinajstić information content (AvgIpc) is 2.88. The number of benzene rings is 3. The van der Waals surface area contributed by atoms with E-state index in [0.29, 0.717) is 24.2 Å². The molecule has 0 spiro atoms. The third-order valence-electron chi connectivity index (χ3n) is 8.09. The Morgan fingerprint density at radius 3 is 2.38 bits per heavy atom. The van der Waals surface area contributed by atoms with Crippen molar-refractivity contribution in [1.82, 2.24) is 0 Å². The topological polar surface area (TPSA) is 70.1 Å². The lowest BCUT2D eigenvalue weighted by Gasteiger charge is -2.44. The van der Waals surface area contributed by atoms with Crippen LogP contribution < -0.4 is 10.6 Å². The first-order chi connectivity index (χ1) is 19.0. The smallest absolute Gasteiger partial charge is 0.162 e. The number of anilines is 1. The van der Waals surface area contributed by atoms with E-state index in [0.717, 1.165) is 39.4 Å². The summed E-state index contributed by atoms with van der Waals surface area (Å²) < 4.78 is 0. The molecule has 1 atom stereocenters. The number of nitrogens with two attached hydrogens (primary N) is 1. The minimum Gasteiger partial charge on any atom is -0.384 e. The molecule has 2 N–H and O–H groups in total. The maximum atomic E-state index is 14.0. The Labute approximate surface area is 242 Å². The van der Waals surface area contributed by atoms with Crippen LogP contribution in [-0.2, 0) is 10.5 Å². The normalized spacial score (nSPS) is 18.6. The third-order valence-corrected chi connectivity index (χ3v) is 9.15. The fourth-order valence-corrected chi connectivity index (χ4v) is 7.02. The number of hydrogen-bond acceptors (Lipinski definition) is 5. The maximum absolute atomic E-state index is 14.0. The largest absolute Gasteiger partial charge is 0.384 e. The number of carbonyl (C=O) groups excluding carboxylic acids is 1. The van der Waals surface area contributed by atoms with E-state index in [4.69, 9.17) is 5.73 Å². The third kappa shape index (κ3) is 5.21. The Kier molecular flexibility index (Phi) is 7.42. The molecular formula is C35H37N3OS. The summed E-state index contributed by atoms with van der Waals surface area (Å²) in [6.07, 6.45) is 1.16. The van der Waals surface area contributed by atoms with Gasteiger partial charge in [-0.3, -0.25) is 9.69 Å². The summed E-state index contributed by atoms with van der Waals surface area (Å²) in [5.41, 5.74) is 16.5. The number of Topliss-reactive ketones (excluding diaryl/α,β-unsaturated/α-hetero) is 1. The van der Waals surface area contributed by atoms with Gasteiger partial charge in [-0.05, 0) is 91.6 Å². The molecule has 1 aliphatic heterocycles. The van der Waals surface area contributed by atoms with Crippen molar-refractivity contribution in [3.8, 4) is 6.07 Å². The van der Waals surface area contributed by atoms with Gasteiger partial charge in [0.05, 0.1) is 17.6 Å². The second-order valence-electron chi connectivity index (χ2n) is 12.1. The van der Waals surface area contributed by atoms with Crippen molar-refractivity contribution < 1.29 is 4.79 Å². The summed E-state index contributed by atoms with van der Waals surface area (Å²) in [4.78, 5) is 17.2. The number of thioether (sulfide) groups is 1. The summed E-state index contributed by atoms with van der Waals surface area (Å²) >= 11 is 1.80. The highest BCUT2D eigenvalue weighted by Crippen LogP contribution is 2.51. The van der Waals surface area contributed by atoms with E-state index in [1.807, 2.05) is 30.0 Å². The van der Waals surface area contributed by atoms with Crippen molar-refractivity contribution in [3.05, 3.63) is 117 Å². The first-order valence-corrected chi connectivity index (χ1v) is 14.8. The monoisotopic (exact) mass is 547 g/mol. The molecular weight excluding hydrogens is 510 g/mol. The van der Waals surface area contributed by atoms with Gasteiger partial charge in [0.2, 0.25) is 0 Å². The quantitative estimate of drug-likeness (QED) is 0.326. The van der Waals surface area contributed by atoms with Crippen LogP contribution in [0.25, 0.3) is 0 Å². The number of rotatable bonds is 5. The molecule has 3 aromatic rings.